The van der Waals surface area contributed by atoms with Gasteiger partial charge in [-0.05, 0) is 18.1 Å². The predicted molar refractivity (Wildman–Crippen MR) is 88.2 cm³/mol. The van der Waals surface area contributed by atoms with Crippen molar-refractivity contribution in [1.29, 1.82) is 0 Å². The molecule has 26 heavy (non-hydrogen) atoms. The standard InChI is InChI=1S/C18H19F2NO5/c19-13-8-12(16(23)9-14(13)20)17(24)15(22)6-7-21-18(25)26-10-11-4-2-1-3-5-11/h1-5,8-9,15,17,22-24H,6-7,10H2,(H,21,25). The Balaban J connectivity index is 1.78. The van der Waals surface area contributed by atoms with Crippen molar-refractivity contribution in [2.75, 3.05) is 6.54 Å². The number of carbonyl (C=O) groups excluding carboxylic acids is 1. The average molecular weight is 367 g/mol. The largest absolute Gasteiger partial charge is 0.507 e. The van der Waals surface area contributed by atoms with Gasteiger partial charge in [-0.1, -0.05) is 30.3 Å². The topological polar surface area (TPSA) is 99.0 Å². The van der Waals surface area contributed by atoms with Crippen LogP contribution in [0.2, 0.25) is 0 Å². The van der Waals surface area contributed by atoms with Gasteiger partial charge in [-0.15, -0.1) is 0 Å². The quantitative estimate of drug-likeness (QED) is 0.602. The fraction of sp³-hybridized carbons (Fsp3) is 0.278. The van der Waals surface area contributed by atoms with Crippen molar-refractivity contribution < 1.29 is 33.6 Å². The van der Waals surface area contributed by atoms with E-state index in [1.54, 1.807) is 12.1 Å². The summed E-state index contributed by atoms with van der Waals surface area (Å²) in [5.74, 6) is -3.20. The van der Waals surface area contributed by atoms with E-state index in [4.69, 9.17) is 4.74 Å². The van der Waals surface area contributed by atoms with Crippen LogP contribution in [0.5, 0.6) is 5.75 Å². The van der Waals surface area contributed by atoms with E-state index < -0.39 is 35.7 Å². The Morgan fingerprint density at radius 1 is 1.12 bits per heavy atom. The van der Waals surface area contributed by atoms with E-state index in [0.717, 1.165) is 5.56 Å². The average Bonchev–Trinajstić information content (AvgIpc) is 2.63. The second-order valence-corrected chi connectivity index (χ2v) is 5.61. The Morgan fingerprint density at radius 3 is 2.46 bits per heavy atom. The Kier molecular flexibility index (Phi) is 6.88. The zero-order valence-corrected chi connectivity index (χ0v) is 13.7. The third kappa shape index (κ3) is 5.40. The molecule has 0 aromatic heterocycles. The van der Waals surface area contributed by atoms with Gasteiger partial charge >= 0.3 is 6.09 Å². The number of phenolic OH excluding ortho intramolecular Hbond substituents is 1. The number of hydrogen-bond donors (Lipinski definition) is 4. The number of hydrogen-bond acceptors (Lipinski definition) is 5. The van der Waals surface area contributed by atoms with E-state index in [2.05, 4.69) is 5.32 Å². The van der Waals surface area contributed by atoms with Gasteiger partial charge in [0.05, 0.1) is 6.10 Å². The molecular formula is C18H19F2NO5. The molecule has 2 aromatic carbocycles. The minimum atomic E-state index is -1.65. The highest BCUT2D eigenvalue weighted by atomic mass is 19.2. The van der Waals surface area contributed by atoms with Gasteiger partial charge in [0.2, 0.25) is 0 Å². The normalized spacial score (nSPS) is 13.1. The molecule has 4 N–H and O–H groups in total. The number of amides is 1. The van der Waals surface area contributed by atoms with Crippen LogP contribution < -0.4 is 5.32 Å². The fourth-order valence-electron chi connectivity index (χ4n) is 2.25. The van der Waals surface area contributed by atoms with Crippen LogP contribution in [0.3, 0.4) is 0 Å². The van der Waals surface area contributed by atoms with Crippen LogP contribution in [0.25, 0.3) is 0 Å². The van der Waals surface area contributed by atoms with Crippen LogP contribution >= 0.6 is 0 Å². The van der Waals surface area contributed by atoms with E-state index in [1.807, 2.05) is 18.2 Å². The number of rotatable bonds is 7. The summed E-state index contributed by atoms with van der Waals surface area (Å²) in [4.78, 5) is 11.6. The third-order valence-corrected chi connectivity index (χ3v) is 3.67. The van der Waals surface area contributed by atoms with Crippen molar-refractivity contribution in [3.8, 4) is 5.75 Å². The number of halogens is 2. The number of ether oxygens (including phenoxy) is 1. The highest BCUT2D eigenvalue weighted by Crippen LogP contribution is 2.29. The van der Waals surface area contributed by atoms with Crippen molar-refractivity contribution in [2.24, 2.45) is 0 Å². The maximum absolute atomic E-state index is 13.2. The lowest BCUT2D eigenvalue weighted by Gasteiger charge is -2.19. The second kappa shape index (κ2) is 9.12. The van der Waals surface area contributed by atoms with Gasteiger partial charge in [-0.2, -0.15) is 0 Å². The number of alkyl carbamates (subject to hydrolysis) is 1. The summed E-state index contributed by atoms with van der Waals surface area (Å²) in [5.41, 5.74) is 0.468. The van der Waals surface area contributed by atoms with Crippen molar-refractivity contribution in [3.63, 3.8) is 0 Å². The molecule has 0 radical (unpaired) electrons. The monoisotopic (exact) mass is 367 g/mol. The fourth-order valence-corrected chi connectivity index (χ4v) is 2.25. The minimum absolute atomic E-state index is 0.0315. The van der Waals surface area contributed by atoms with Gasteiger partial charge < -0.3 is 25.4 Å². The first-order valence-electron chi connectivity index (χ1n) is 7.87. The summed E-state index contributed by atoms with van der Waals surface area (Å²) >= 11 is 0. The van der Waals surface area contributed by atoms with Crippen molar-refractivity contribution in [2.45, 2.75) is 25.2 Å². The minimum Gasteiger partial charge on any atom is -0.507 e. The number of benzene rings is 2. The van der Waals surface area contributed by atoms with Gasteiger partial charge in [0.25, 0.3) is 0 Å². The summed E-state index contributed by atoms with van der Waals surface area (Å²) in [6.45, 7) is 0.0524. The lowest BCUT2D eigenvalue weighted by Crippen LogP contribution is -2.29. The summed E-state index contributed by atoms with van der Waals surface area (Å²) in [7, 11) is 0. The number of aliphatic hydroxyl groups is 2. The summed E-state index contributed by atoms with van der Waals surface area (Å²) in [6, 6.07) is 10.2. The van der Waals surface area contributed by atoms with Gasteiger partial charge in [-0.3, -0.25) is 0 Å². The van der Waals surface area contributed by atoms with Crippen molar-refractivity contribution in [1.82, 2.24) is 5.32 Å². The molecule has 140 valence electrons. The smallest absolute Gasteiger partial charge is 0.407 e. The van der Waals surface area contributed by atoms with E-state index in [0.29, 0.717) is 12.1 Å². The molecule has 0 aliphatic heterocycles. The molecule has 6 nitrogen and oxygen atoms in total. The molecule has 0 aliphatic carbocycles. The van der Waals surface area contributed by atoms with Gasteiger partial charge in [0, 0.05) is 18.2 Å². The molecule has 0 aliphatic rings. The second-order valence-electron chi connectivity index (χ2n) is 5.61. The number of aliphatic hydroxyl groups excluding tert-OH is 2. The van der Waals surface area contributed by atoms with Crippen LogP contribution in [0, 0.1) is 11.6 Å². The van der Waals surface area contributed by atoms with Crippen LogP contribution in [0.15, 0.2) is 42.5 Å². The zero-order chi connectivity index (χ0) is 19.1. The molecule has 0 saturated heterocycles. The van der Waals surface area contributed by atoms with E-state index in [9.17, 15) is 28.9 Å². The van der Waals surface area contributed by atoms with Crippen LogP contribution in [-0.2, 0) is 11.3 Å². The summed E-state index contributed by atoms with van der Waals surface area (Å²) < 4.78 is 31.2. The van der Waals surface area contributed by atoms with E-state index in [-0.39, 0.29) is 25.1 Å². The Hall–Kier alpha value is -2.71. The van der Waals surface area contributed by atoms with Gasteiger partial charge in [0.1, 0.15) is 18.5 Å². The first kappa shape index (κ1) is 19.6. The van der Waals surface area contributed by atoms with Gasteiger partial charge in [0.15, 0.2) is 11.6 Å². The highest BCUT2D eigenvalue weighted by molar-refractivity contribution is 5.67. The number of aromatic hydroxyl groups is 1. The number of nitrogens with one attached hydrogen (secondary N) is 1. The van der Waals surface area contributed by atoms with Crippen molar-refractivity contribution >= 4 is 6.09 Å². The first-order chi connectivity index (χ1) is 12.4. The van der Waals surface area contributed by atoms with E-state index in [1.165, 1.54) is 0 Å². The predicted octanol–water partition coefficient (Wildman–Crippen LogP) is 2.38. The van der Waals surface area contributed by atoms with Gasteiger partial charge in [-0.25, -0.2) is 13.6 Å². The maximum Gasteiger partial charge on any atom is 0.407 e. The molecule has 2 unspecified atom stereocenters. The third-order valence-electron chi connectivity index (χ3n) is 3.67. The van der Waals surface area contributed by atoms with Crippen LogP contribution in [-0.4, -0.2) is 34.1 Å². The van der Waals surface area contributed by atoms with Crippen molar-refractivity contribution in [3.05, 3.63) is 65.2 Å². The number of phenols is 1. The Bertz CT molecular complexity index is 742. The van der Waals surface area contributed by atoms with Crippen LogP contribution in [0.1, 0.15) is 23.7 Å². The summed E-state index contributed by atoms with van der Waals surface area (Å²) in [6.07, 6.45) is -3.86. The highest BCUT2D eigenvalue weighted by Gasteiger charge is 2.23. The lowest BCUT2D eigenvalue weighted by atomic mass is 10.0. The van der Waals surface area contributed by atoms with Crippen LogP contribution in [0.4, 0.5) is 13.6 Å². The molecule has 2 rings (SSSR count). The molecule has 0 spiro atoms. The maximum atomic E-state index is 13.2. The molecule has 2 atom stereocenters. The SMILES string of the molecule is O=C(NCCC(O)C(O)c1cc(F)c(F)cc1O)OCc1ccccc1. The number of carbonyl (C=O) groups is 1. The molecule has 8 heteroatoms. The Labute approximate surface area is 148 Å². The molecule has 0 fully saturated rings. The zero-order valence-electron chi connectivity index (χ0n) is 13.7. The summed E-state index contributed by atoms with van der Waals surface area (Å²) in [5, 5.41) is 31.8. The lowest BCUT2D eigenvalue weighted by molar-refractivity contribution is 0.0121. The first-order valence-corrected chi connectivity index (χ1v) is 7.87. The molecule has 0 saturated carbocycles. The Morgan fingerprint density at radius 2 is 1.77 bits per heavy atom. The molecule has 0 heterocycles. The van der Waals surface area contributed by atoms with E-state index >= 15 is 0 Å². The molecule has 0 bridgehead atoms. The molecular weight excluding hydrogens is 348 g/mol. The molecule has 2 aromatic rings. The molecule has 1 amide bonds.